The van der Waals surface area contributed by atoms with Crippen molar-refractivity contribution >= 4 is 24.3 Å². The molecule has 1 heterocycles. The van der Waals surface area contributed by atoms with Crippen molar-refractivity contribution in [1.29, 1.82) is 0 Å². The van der Waals surface area contributed by atoms with Gasteiger partial charge in [0.25, 0.3) is 0 Å². The predicted octanol–water partition coefficient (Wildman–Crippen LogP) is 5.34. The van der Waals surface area contributed by atoms with Gasteiger partial charge >= 0.3 is 0 Å². The van der Waals surface area contributed by atoms with Gasteiger partial charge in [0, 0.05) is 17.3 Å². The van der Waals surface area contributed by atoms with E-state index in [2.05, 4.69) is 79.7 Å². The van der Waals surface area contributed by atoms with E-state index in [-0.39, 0.29) is 6.04 Å². The van der Waals surface area contributed by atoms with Gasteiger partial charge in [-0.3, -0.25) is 9.98 Å². The first kappa shape index (κ1) is 21.0. The molecular weight excluding hydrogens is 344 g/mol. The lowest BCUT2D eigenvalue weighted by Crippen LogP contribution is -2.24. The summed E-state index contributed by atoms with van der Waals surface area (Å²) in [7, 11) is 0. The van der Waals surface area contributed by atoms with Crippen molar-refractivity contribution in [3.63, 3.8) is 0 Å². The van der Waals surface area contributed by atoms with Crippen LogP contribution in [0.2, 0.25) is 0 Å². The molecule has 4 heteroatoms. The van der Waals surface area contributed by atoms with E-state index in [1.165, 1.54) is 11.1 Å². The van der Waals surface area contributed by atoms with Crippen LogP contribution in [0.15, 0.2) is 87.6 Å². The molecule has 1 unspecified atom stereocenters. The molecule has 0 amide bonds. The van der Waals surface area contributed by atoms with Crippen molar-refractivity contribution in [2.24, 2.45) is 15.1 Å². The van der Waals surface area contributed by atoms with Gasteiger partial charge in [-0.25, -0.2) is 0 Å². The summed E-state index contributed by atoms with van der Waals surface area (Å²) in [5.74, 6) is 0. The van der Waals surface area contributed by atoms with E-state index in [1.807, 2.05) is 24.3 Å². The molecule has 1 aromatic rings. The molecule has 0 aliphatic carbocycles. The molecule has 0 bridgehead atoms. The van der Waals surface area contributed by atoms with E-state index in [0.717, 1.165) is 28.1 Å². The van der Waals surface area contributed by atoms with E-state index in [1.54, 1.807) is 18.5 Å². The summed E-state index contributed by atoms with van der Waals surface area (Å²) in [6, 6.07) is 6.44. The summed E-state index contributed by atoms with van der Waals surface area (Å²) >= 11 is 0. The number of rotatable bonds is 7. The van der Waals surface area contributed by atoms with Gasteiger partial charge in [0.05, 0.1) is 18.0 Å². The second-order valence-corrected chi connectivity index (χ2v) is 6.75. The molecule has 4 nitrogen and oxygen atoms in total. The maximum absolute atomic E-state index is 4.62. The van der Waals surface area contributed by atoms with Gasteiger partial charge in [0.2, 0.25) is 0 Å². The Morgan fingerprint density at radius 3 is 2.75 bits per heavy atom. The molecule has 0 fully saturated rings. The van der Waals surface area contributed by atoms with Gasteiger partial charge in [0.15, 0.2) is 0 Å². The summed E-state index contributed by atoms with van der Waals surface area (Å²) in [5, 5.41) is 4.53. The smallest absolute Gasteiger partial charge is 0.110 e. The highest BCUT2D eigenvalue weighted by Gasteiger charge is 2.14. The normalized spacial score (nSPS) is 18.4. The molecule has 1 atom stereocenters. The quantitative estimate of drug-likeness (QED) is 0.392. The standard InChI is InChI=1S/C24H28N4/c1-7-8-9-10-18(3)20(5)27-28-24-16-26-23(14-21(24)15-25-6)22-13-17(2)11-12-19(22)4/h7-16,20,27H,1,6H2,2-5H3/b9-8-,18-10-,21-15-,28-24-. The lowest BCUT2D eigenvalue weighted by atomic mass is 9.99. The Bertz CT molecular complexity index is 924. The third-order valence-electron chi connectivity index (χ3n) is 4.48. The molecule has 0 saturated carbocycles. The van der Waals surface area contributed by atoms with Crippen molar-refractivity contribution in [3.05, 3.63) is 89.2 Å². The summed E-state index contributed by atoms with van der Waals surface area (Å²) in [6.07, 6.45) is 13.1. The Labute approximate surface area is 168 Å². The molecule has 0 saturated heterocycles. The van der Waals surface area contributed by atoms with Gasteiger partial charge in [-0.05, 0) is 57.7 Å². The number of hydrogen-bond donors (Lipinski definition) is 1. The van der Waals surface area contributed by atoms with Crippen molar-refractivity contribution in [1.82, 2.24) is 5.43 Å². The molecule has 1 aliphatic rings. The molecule has 1 aliphatic heterocycles. The van der Waals surface area contributed by atoms with E-state index in [0.29, 0.717) is 0 Å². The van der Waals surface area contributed by atoms with Crippen LogP contribution in [0.4, 0.5) is 0 Å². The highest BCUT2D eigenvalue weighted by atomic mass is 15.3. The third kappa shape index (κ3) is 5.61. The monoisotopic (exact) mass is 372 g/mol. The highest BCUT2D eigenvalue weighted by Crippen LogP contribution is 2.25. The number of hydrogen-bond acceptors (Lipinski definition) is 4. The highest BCUT2D eigenvalue weighted by molar-refractivity contribution is 6.41. The predicted molar refractivity (Wildman–Crippen MR) is 123 cm³/mol. The second kappa shape index (κ2) is 10.2. The van der Waals surface area contributed by atoms with Gasteiger partial charge in [-0.15, -0.1) is 0 Å². The maximum Gasteiger partial charge on any atom is 0.110 e. The van der Waals surface area contributed by atoms with E-state index in [4.69, 9.17) is 0 Å². The summed E-state index contributed by atoms with van der Waals surface area (Å²) < 4.78 is 0. The zero-order valence-corrected chi connectivity index (χ0v) is 17.1. The maximum atomic E-state index is 4.62. The fourth-order valence-corrected chi connectivity index (χ4v) is 2.62. The second-order valence-electron chi connectivity index (χ2n) is 6.75. The number of nitrogens with zero attached hydrogens (tertiary/aromatic N) is 3. The number of hydrazone groups is 1. The van der Waals surface area contributed by atoms with Gasteiger partial charge in [-0.1, -0.05) is 48.6 Å². The molecule has 144 valence electrons. The van der Waals surface area contributed by atoms with Crippen LogP contribution >= 0.6 is 0 Å². The minimum atomic E-state index is 0.0812. The zero-order valence-electron chi connectivity index (χ0n) is 17.1. The van der Waals surface area contributed by atoms with Crippen LogP contribution in [0.25, 0.3) is 5.70 Å². The third-order valence-corrected chi connectivity index (χ3v) is 4.48. The first-order chi connectivity index (χ1) is 13.5. The van der Waals surface area contributed by atoms with Crippen LogP contribution in [-0.2, 0) is 0 Å². The molecule has 2 rings (SSSR count). The number of aryl methyl sites for hydroxylation is 2. The van der Waals surface area contributed by atoms with Crippen LogP contribution in [-0.4, -0.2) is 24.7 Å². The van der Waals surface area contributed by atoms with Gasteiger partial charge < -0.3 is 5.43 Å². The summed E-state index contributed by atoms with van der Waals surface area (Å²) in [6.45, 7) is 15.5. The number of nitrogens with one attached hydrogen (secondary N) is 1. The van der Waals surface area contributed by atoms with Crippen LogP contribution in [0.5, 0.6) is 0 Å². The van der Waals surface area contributed by atoms with E-state index in [9.17, 15) is 0 Å². The van der Waals surface area contributed by atoms with Crippen molar-refractivity contribution in [3.8, 4) is 0 Å². The fourth-order valence-electron chi connectivity index (χ4n) is 2.62. The zero-order chi connectivity index (χ0) is 20.5. The van der Waals surface area contributed by atoms with Crippen LogP contribution < -0.4 is 5.43 Å². The lowest BCUT2D eigenvalue weighted by Gasteiger charge is -2.16. The SMILES string of the molecule is C=C/C=C\C=C(\C)C(C)N/N=C1/C=NC(c2cc(C)ccc2C)=C/C1=C/N=C. The lowest BCUT2D eigenvalue weighted by molar-refractivity contribution is 0.643. The Morgan fingerprint density at radius 2 is 2.04 bits per heavy atom. The van der Waals surface area contributed by atoms with Gasteiger partial charge in [-0.2, -0.15) is 5.10 Å². The summed E-state index contributed by atoms with van der Waals surface area (Å²) in [4.78, 5) is 8.56. The Morgan fingerprint density at radius 1 is 1.25 bits per heavy atom. The minimum Gasteiger partial charge on any atom is -0.303 e. The molecule has 28 heavy (non-hydrogen) atoms. The van der Waals surface area contributed by atoms with Crippen LogP contribution in [0, 0.1) is 13.8 Å². The van der Waals surface area contributed by atoms with Gasteiger partial charge in [0.1, 0.15) is 5.71 Å². The van der Waals surface area contributed by atoms with E-state index < -0.39 is 0 Å². The largest absolute Gasteiger partial charge is 0.303 e. The Kier molecular flexibility index (Phi) is 7.64. The van der Waals surface area contributed by atoms with Crippen LogP contribution in [0.1, 0.15) is 30.5 Å². The summed E-state index contributed by atoms with van der Waals surface area (Å²) in [5.41, 5.74) is 10.3. The van der Waals surface area contributed by atoms with Crippen molar-refractivity contribution in [2.45, 2.75) is 33.7 Å². The Hall–Kier alpha value is -3.27. The number of benzene rings is 1. The first-order valence-electron chi connectivity index (χ1n) is 9.25. The molecule has 0 radical (unpaired) electrons. The minimum absolute atomic E-state index is 0.0812. The average molecular weight is 373 g/mol. The molecule has 0 aromatic heterocycles. The molecule has 0 spiro atoms. The van der Waals surface area contributed by atoms with Crippen molar-refractivity contribution < 1.29 is 0 Å². The number of aliphatic imine (C=N–C) groups is 2. The molecule has 1 N–H and O–H groups in total. The molecule has 1 aromatic carbocycles. The van der Waals surface area contributed by atoms with E-state index >= 15 is 0 Å². The first-order valence-corrected chi connectivity index (χ1v) is 9.25. The average Bonchev–Trinajstić information content (AvgIpc) is 2.69. The fraction of sp³-hybridized carbons (Fsp3) is 0.208. The Balaban J connectivity index is 2.25. The van der Waals surface area contributed by atoms with Crippen LogP contribution in [0.3, 0.4) is 0 Å². The van der Waals surface area contributed by atoms with Crippen molar-refractivity contribution in [2.75, 3.05) is 0 Å². The molecular formula is C24H28N4. The number of allylic oxidation sites excluding steroid dienone is 6. The topological polar surface area (TPSA) is 49.1 Å².